The third-order valence-electron chi connectivity index (χ3n) is 10.5. The summed E-state index contributed by atoms with van der Waals surface area (Å²) in [7, 11) is 0. The molecule has 2 N–H and O–H groups in total. The van der Waals surface area contributed by atoms with Gasteiger partial charge in [-0.1, -0.05) is 103 Å². The van der Waals surface area contributed by atoms with E-state index >= 15 is 0 Å². The van der Waals surface area contributed by atoms with Gasteiger partial charge in [0, 0.05) is 28.6 Å². The van der Waals surface area contributed by atoms with Gasteiger partial charge in [0.05, 0.1) is 12.0 Å². The number of para-hydroxylation sites is 3. The van der Waals surface area contributed by atoms with Gasteiger partial charge in [0.1, 0.15) is 23.8 Å². The zero-order valence-corrected chi connectivity index (χ0v) is 31.1. The maximum atomic E-state index is 4.72. The number of hydrogen-bond acceptors (Lipinski definition) is 1. The summed E-state index contributed by atoms with van der Waals surface area (Å²) in [6.45, 7) is 0. The molecular weight excluding hydrogens is 697 g/mol. The number of hydrogen-bond donors (Lipinski definition) is 0. The Kier molecular flexibility index (Phi) is 8.74. The van der Waals surface area contributed by atoms with E-state index in [0.29, 0.717) is 0 Å². The lowest BCUT2D eigenvalue weighted by Crippen LogP contribution is -2.00. The Balaban J connectivity index is 0.979. The summed E-state index contributed by atoms with van der Waals surface area (Å²) in [5.41, 5.74) is 16.6. The average Bonchev–Trinajstić information content (AvgIpc) is 4.10. The van der Waals surface area contributed by atoms with Crippen molar-refractivity contribution in [3.05, 3.63) is 220 Å². The number of rotatable bonds is 9. The summed E-state index contributed by atoms with van der Waals surface area (Å²) in [5.74, 6) is 0. The number of nitrogens with zero attached hydrogens (tertiary/aromatic N) is 4. The van der Waals surface area contributed by atoms with Crippen LogP contribution in [-0.4, -0.2) is 18.7 Å². The molecule has 0 aliphatic rings. The Bertz CT molecular complexity index is 2570. The highest BCUT2D eigenvalue weighted by atomic mass is 15.0. The first-order valence-corrected chi connectivity index (χ1v) is 19.1. The van der Waals surface area contributed by atoms with Gasteiger partial charge in [0.2, 0.25) is 12.7 Å². The van der Waals surface area contributed by atoms with Crippen LogP contribution in [0.1, 0.15) is 0 Å². The Morgan fingerprint density at radius 1 is 0.316 bits per heavy atom. The third-order valence-corrected chi connectivity index (χ3v) is 10.5. The fourth-order valence-electron chi connectivity index (χ4n) is 7.38. The fraction of sp³-hybridized carbons (Fsp3) is 0. The van der Waals surface area contributed by atoms with E-state index in [1.807, 2.05) is 49.3 Å². The summed E-state index contributed by atoms with van der Waals surface area (Å²) in [5, 5.41) is 0. The summed E-state index contributed by atoms with van der Waals surface area (Å²) < 4.78 is 6.28. The number of imidazole rings is 3. The maximum absolute atomic E-state index is 4.72. The van der Waals surface area contributed by atoms with Crippen LogP contribution in [-0.2, 0) is 0 Å². The molecule has 7 aromatic carbocycles. The standard InChI is InChI=1S/C51H36N6/c1-4-10-46(11-5-1)55-31-49(52-34-55)40-22-16-37(17-23-40)43-28-44(38-18-24-41(25-19-38)50-32-56(35-53-50)47-12-6-2-7-13-47)30-45(29-43)39-20-26-42(27-21-39)51-33-57(36-54-51)48-14-8-3-9-15-48/h1-36H/p+2. The number of aromatic amines is 2. The van der Waals surface area contributed by atoms with Gasteiger partial charge >= 0.3 is 0 Å². The molecule has 10 rings (SSSR count). The Morgan fingerprint density at radius 3 is 1.07 bits per heavy atom. The molecule has 270 valence electrons. The maximum Gasteiger partial charge on any atom is 0.247 e. The van der Waals surface area contributed by atoms with Crippen LogP contribution in [0.4, 0.5) is 0 Å². The quantitative estimate of drug-likeness (QED) is 0.146. The van der Waals surface area contributed by atoms with E-state index in [1.165, 1.54) is 0 Å². The van der Waals surface area contributed by atoms with E-state index in [-0.39, 0.29) is 0 Å². The molecule has 0 aliphatic heterocycles. The highest BCUT2D eigenvalue weighted by Gasteiger charge is 2.14. The highest BCUT2D eigenvalue weighted by molar-refractivity contribution is 5.83. The molecule has 6 heteroatoms. The molecule has 0 radical (unpaired) electrons. The second-order valence-electron chi connectivity index (χ2n) is 14.2. The van der Waals surface area contributed by atoms with Crippen molar-refractivity contribution in [3.8, 4) is 84.2 Å². The lowest BCUT2D eigenvalue weighted by Gasteiger charge is -2.12. The molecule has 57 heavy (non-hydrogen) atoms. The van der Waals surface area contributed by atoms with Crippen molar-refractivity contribution in [1.29, 1.82) is 0 Å². The lowest BCUT2D eigenvalue weighted by atomic mass is 9.92. The number of benzene rings is 7. The second kappa shape index (κ2) is 14.8. The molecular formula is C51H38N6+2. The molecule has 0 bridgehead atoms. The molecule has 6 nitrogen and oxygen atoms in total. The lowest BCUT2D eigenvalue weighted by molar-refractivity contribution is -0.364. The SMILES string of the molecule is c1ccc(-n2cnc(-c3ccc(-c4cc(-c5ccc(-c6cn(-c7ccccc7)c[nH+]6)cc5)cc(-c5ccc(-c6cn(-c7ccccc7)c[nH+]6)cc5)c4)cc3)c2)cc1. The van der Waals surface area contributed by atoms with Crippen molar-refractivity contribution in [2.75, 3.05) is 0 Å². The van der Waals surface area contributed by atoms with E-state index in [4.69, 9.17) is 4.98 Å². The van der Waals surface area contributed by atoms with Crippen LogP contribution in [0, 0.1) is 0 Å². The minimum atomic E-state index is 0.938. The molecule has 0 saturated heterocycles. The number of aromatic nitrogens is 6. The number of H-pyrrole nitrogens is 2. The Morgan fingerprint density at radius 2 is 0.667 bits per heavy atom. The first kappa shape index (κ1) is 33.7. The van der Waals surface area contributed by atoms with Crippen molar-refractivity contribution in [1.82, 2.24) is 18.7 Å². The normalized spacial score (nSPS) is 11.2. The predicted octanol–water partition coefficient (Wildman–Crippen LogP) is 11.1. The van der Waals surface area contributed by atoms with Gasteiger partial charge in [0.25, 0.3) is 0 Å². The molecule has 0 unspecified atom stereocenters. The summed E-state index contributed by atoms with van der Waals surface area (Å²) in [6.07, 6.45) is 12.2. The van der Waals surface area contributed by atoms with Crippen LogP contribution in [0.25, 0.3) is 84.2 Å². The zero-order valence-electron chi connectivity index (χ0n) is 31.1. The smallest absolute Gasteiger partial charge is 0.247 e. The Hall–Kier alpha value is -7.83. The average molecular weight is 735 g/mol. The molecule has 0 atom stereocenters. The van der Waals surface area contributed by atoms with Crippen molar-refractivity contribution in [3.63, 3.8) is 0 Å². The monoisotopic (exact) mass is 734 g/mol. The van der Waals surface area contributed by atoms with E-state index in [2.05, 4.69) is 194 Å². The minimum Gasteiger partial charge on any atom is -0.306 e. The van der Waals surface area contributed by atoms with Crippen LogP contribution in [0.15, 0.2) is 220 Å². The molecule has 0 fully saturated rings. The summed E-state index contributed by atoms with van der Waals surface area (Å²) >= 11 is 0. The molecule has 10 aromatic rings. The first-order chi connectivity index (χ1) is 28.2. The van der Waals surface area contributed by atoms with Crippen molar-refractivity contribution in [2.45, 2.75) is 0 Å². The predicted molar refractivity (Wildman–Crippen MR) is 228 cm³/mol. The van der Waals surface area contributed by atoms with E-state index < -0.39 is 0 Å². The van der Waals surface area contributed by atoms with Gasteiger partial charge < -0.3 is 4.57 Å². The molecule has 0 amide bonds. The van der Waals surface area contributed by atoms with E-state index in [1.54, 1.807) is 0 Å². The second-order valence-corrected chi connectivity index (χ2v) is 14.2. The van der Waals surface area contributed by atoms with Crippen molar-refractivity contribution in [2.24, 2.45) is 0 Å². The van der Waals surface area contributed by atoms with E-state index in [0.717, 1.165) is 84.2 Å². The number of nitrogens with one attached hydrogen (secondary N) is 2. The molecule has 3 aromatic heterocycles. The van der Waals surface area contributed by atoms with Gasteiger partial charge in [-0.15, -0.1) is 0 Å². The zero-order chi connectivity index (χ0) is 38.0. The van der Waals surface area contributed by atoms with Crippen molar-refractivity contribution < 1.29 is 9.97 Å². The van der Waals surface area contributed by atoms with Crippen LogP contribution >= 0.6 is 0 Å². The molecule has 0 saturated carbocycles. The highest BCUT2D eigenvalue weighted by Crippen LogP contribution is 2.35. The first-order valence-electron chi connectivity index (χ1n) is 19.1. The fourth-order valence-corrected chi connectivity index (χ4v) is 7.38. The van der Waals surface area contributed by atoms with E-state index in [9.17, 15) is 0 Å². The van der Waals surface area contributed by atoms with Crippen LogP contribution in [0.3, 0.4) is 0 Å². The molecule has 0 spiro atoms. The molecule has 3 heterocycles. The topological polar surface area (TPSA) is 56.0 Å². The summed E-state index contributed by atoms with van der Waals surface area (Å²) in [4.78, 5) is 11.6. The van der Waals surface area contributed by atoms with Crippen LogP contribution in [0.2, 0.25) is 0 Å². The van der Waals surface area contributed by atoms with Crippen LogP contribution < -0.4 is 9.97 Å². The third kappa shape index (κ3) is 6.99. The van der Waals surface area contributed by atoms with Gasteiger partial charge in [-0.05, 0) is 112 Å². The largest absolute Gasteiger partial charge is 0.306 e. The van der Waals surface area contributed by atoms with Gasteiger partial charge in [0.15, 0.2) is 11.4 Å². The van der Waals surface area contributed by atoms with Crippen LogP contribution in [0.5, 0.6) is 0 Å². The Labute approximate surface area is 331 Å². The van der Waals surface area contributed by atoms with Gasteiger partial charge in [-0.25, -0.2) is 24.1 Å². The minimum absolute atomic E-state index is 0.938. The van der Waals surface area contributed by atoms with Gasteiger partial charge in [-0.2, -0.15) is 0 Å². The van der Waals surface area contributed by atoms with Crippen molar-refractivity contribution >= 4 is 0 Å². The molecule has 0 aliphatic carbocycles. The van der Waals surface area contributed by atoms with Gasteiger partial charge in [-0.3, -0.25) is 0 Å². The summed E-state index contributed by atoms with van der Waals surface area (Å²) in [6, 6.07) is 64.3.